The summed E-state index contributed by atoms with van der Waals surface area (Å²) in [5.74, 6) is 2.20. The summed E-state index contributed by atoms with van der Waals surface area (Å²) in [7, 11) is 0. The van der Waals surface area contributed by atoms with Gasteiger partial charge in [-0.15, -0.1) is 11.6 Å². The Morgan fingerprint density at radius 1 is 1.44 bits per heavy atom. The minimum absolute atomic E-state index is 0.571. The van der Waals surface area contributed by atoms with E-state index in [1.807, 2.05) is 6.07 Å². The molecule has 0 spiro atoms. The third-order valence-corrected chi connectivity index (χ3v) is 2.68. The van der Waals surface area contributed by atoms with E-state index in [4.69, 9.17) is 11.6 Å². The molecule has 0 saturated carbocycles. The van der Waals surface area contributed by atoms with Gasteiger partial charge in [0.2, 0.25) is 0 Å². The predicted molar refractivity (Wildman–Crippen MR) is 69.0 cm³/mol. The minimum atomic E-state index is 0.571. The maximum absolute atomic E-state index is 5.69. The van der Waals surface area contributed by atoms with Crippen LogP contribution in [0.2, 0.25) is 0 Å². The van der Waals surface area contributed by atoms with Crippen molar-refractivity contribution in [3.63, 3.8) is 0 Å². The molecule has 0 aliphatic rings. The molecule has 1 unspecified atom stereocenters. The Bertz CT molecular complexity index is 304. The van der Waals surface area contributed by atoms with Crippen molar-refractivity contribution in [2.75, 3.05) is 17.7 Å². The van der Waals surface area contributed by atoms with Crippen LogP contribution in [0.15, 0.2) is 12.4 Å². The highest BCUT2D eigenvalue weighted by atomic mass is 35.5. The SMILES string of the molecule is CCCc1cc(NCC(C)CCCl)ncn1. The minimum Gasteiger partial charge on any atom is -0.370 e. The first-order valence-electron chi connectivity index (χ1n) is 5.87. The number of aromatic nitrogens is 2. The fourth-order valence-electron chi connectivity index (χ4n) is 1.45. The van der Waals surface area contributed by atoms with Crippen LogP contribution in [-0.2, 0) is 6.42 Å². The maximum Gasteiger partial charge on any atom is 0.129 e. The Labute approximate surface area is 103 Å². The summed E-state index contributed by atoms with van der Waals surface area (Å²) in [6.07, 6.45) is 4.77. The van der Waals surface area contributed by atoms with E-state index in [2.05, 4.69) is 29.1 Å². The lowest BCUT2D eigenvalue weighted by Gasteiger charge is -2.11. The second-order valence-corrected chi connectivity index (χ2v) is 4.49. The van der Waals surface area contributed by atoms with E-state index in [-0.39, 0.29) is 0 Å². The number of halogens is 1. The molecule has 1 aromatic heterocycles. The van der Waals surface area contributed by atoms with Crippen molar-refractivity contribution in [3.8, 4) is 0 Å². The fraction of sp³-hybridized carbons (Fsp3) is 0.667. The number of anilines is 1. The number of aryl methyl sites for hydroxylation is 1. The Balaban J connectivity index is 2.44. The van der Waals surface area contributed by atoms with Gasteiger partial charge in [-0.05, 0) is 18.8 Å². The predicted octanol–water partition coefficient (Wildman–Crippen LogP) is 3.11. The van der Waals surface area contributed by atoms with Crippen molar-refractivity contribution in [2.45, 2.75) is 33.1 Å². The van der Waals surface area contributed by atoms with E-state index in [9.17, 15) is 0 Å². The van der Waals surface area contributed by atoms with Gasteiger partial charge in [0, 0.05) is 24.2 Å². The molecule has 0 bridgehead atoms. The summed E-state index contributed by atoms with van der Waals surface area (Å²) < 4.78 is 0. The topological polar surface area (TPSA) is 37.8 Å². The van der Waals surface area contributed by atoms with Gasteiger partial charge in [-0.1, -0.05) is 20.3 Å². The molecule has 0 amide bonds. The second-order valence-electron chi connectivity index (χ2n) is 4.11. The molecule has 0 aliphatic heterocycles. The standard InChI is InChI=1S/C12H20ClN3/c1-3-4-11-7-12(16-9-15-11)14-8-10(2)5-6-13/h7,9-10H,3-6,8H2,1-2H3,(H,14,15,16). The van der Waals surface area contributed by atoms with Crippen LogP contribution in [0.5, 0.6) is 0 Å². The first-order valence-corrected chi connectivity index (χ1v) is 6.40. The van der Waals surface area contributed by atoms with Crippen LogP contribution < -0.4 is 5.32 Å². The average Bonchev–Trinajstić information content (AvgIpc) is 2.28. The van der Waals surface area contributed by atoms with Crippen LogP contribution in [0.3, 0.4) is 0 Å². The molecular formula is C12H20ClN3. The molecule has 0 fully saturated rings. The molecule has 90 valence electrons. The number of rotatable bonds is 7. The first kappa shape index (κ1) is 13.2. The smallest absolute Gasteiger partial charge is 0.129 e. The summed E-state index contributed by atoms with van der Waals surface area (Å²) in [4.78, 5) is 8.42. The molecule has 1 aromatic rings. The lowest BCUT2D eigenvalue weighted by molar-refractivity contribution is 0.595. The zero-order chi connectivity index (χ0) is 11.8. The Morgan fingerprint density at radius 3 is 2.94 bits per heavy atom. The third kappa shape index (κ3) is 4.79. The molecule has 1 heterocycles. The van der Waals surface area contributed by atoms with Crippen LogP contribution in [0, 0.1) is 5.92 Å². The monoisotopic (exact) mass is 241 g/mol. The highest BCUT2D eigenvalue weighted by molar-refractivity contribution is 6.17. The van der Waals surface area contributed by atoms with Crippen LogP contribution >= 0.6 is 11.6 Å². The summed E-state index contributed by atoms with van der Waals surface area (Å²) in [5, 5.41) is 3.32. The Morgan fingerprint density at radius 2 is 2.25 bits per heavy atom. The third-order valence-electron chi connectivity index (χ3n) is 2.46. The molecule has 0 aliphatic carbocycles. The molecular weight excluding hydrogens is 222 g/mol. The number of hydrogen-bond acceptors (Lipinski definition) is 3. The van der Waals surface area contributed by atoms with Gasteiger partial charge in [0.25, 0.3) is 0 Å². The van der Waals surface area contributed by atoms with Gasteiger partial charge in [-0.3, -0.25) is 0 Å². The Kier molecular flexibility index (Phi) is 6.16. The van der Waals surface area contributed by atoms with Gasteiger partial charge >= 0.3 is 0 Å². The van der Waals surface area contributed by atoms with Crippen LogP contribution in [0.4, 0.5) is 5.82 Å². The molecule has 1 N–H and O–H groups in total. The molecule has 1 rings (SSSR count). The number of alkyl halides is 1. The summed E-state index contributed by atoms with van der Waals surface area (Å²) in [6, 6.07) is 2.02. The lowest BCUT2D eigenvalue weighted by Crippen LogP contribution is -2.13. The van der Waals surface area contributed by atoms with E-state index in [1.54, 1.807) is 6.33 Å². The van der Waals surface area contributed by atoms with E-state index in [0.29, 0.717) is 11.8 Å². The van der Waals surface area contributed by atoms with Gasteiger partial charge in [-0.2, -0.15) is 0 Å². The van der Waals surface area contributed by atoms with Crippen molar-refractivity contribution in [1.29, 1.82) is 0 Å². The molecule has 0 saturated heterocycles. The van der Waals surface area contributed by atoms with Crippen LogP contribution in [0.1, 0.15) is 32.4 Å². The summed E-state index contributed by atoms with van der Waals surface area (Å²) >= 11 is 5.69. The number of nitrogens with zero attached hydrogens (tertiary/aromatic N) is 2. The van der Waals surface area contributed by atoms with Crippen LogP contribution in [0.25, 0.3) is 0 Å². The quantitative estimate of drug-likeness (QED) is 0.746. The van der Waals surface area contributed by atoms with Gasteiger partial charge < -0.3 is 5.32 Å². The molecule has 0 aromatic carbocycles. The highest BCUT2D eigenvalue weighted by Gasteiger charge is 2.02. The van der Waals surface area contributed by atoms with Crippen LogP contribution in [-0.4, -0.2) is 22.4 Å². The van der Waals surface area contributed by atoms with Gasteiger partial charge in [0.15, 0.2) is 0 Å². The van der Waals surface area contributed by atoms with Gasteiger partial charge in [-0.25, -0.2) is 9.97 Å². The molecule has 1 atom stereocenters. The van der Waals surface area contributed by atoms with Crippen molar-refractivity contribution in [3.05, 3.63) is 18.1 Å². The maximum atomic E-state index is 5.69. The van der Waals surface area contributed by atoms with Crippen molar-refractivity contribution >= 4 is 17.4 Å². The number of hydrogen-bond donors (Lipinski definition) is 1. The zero-order valence-electron chi connectivity index (χ0n) is 10.0. The molecule has 0 radical (unpaired) electrons. The van der Waals surface area contributed by atoms with E-state index >= 15 is 0 Å². The summed E-state index contributed by atoms with van der Waals surface area (Å²) in [5.41, 5.74) is 1.10. The van der Waals surface area contributed by atoms with Crippen molar-refractivity contribution in [1.82, 2.24) is 9.97 Å². The van der Waals surface area contributed by atoms with Gasteiger partial charge in [0.1, 0.15) is 12.1 Å². The highest BCUT2D eigenvalue weighted by Crippen LogP contribution is 2.08. The molecule has 16 heavy (non-hydrogen) atoms. The van der Waals surface area contributed by atoms with Crippen molar-refractivity contribution in [2.24, 2.45) is 5.92 Å². The Hall–Kier alpha value is -0.830. The van der Waals surface area contributed by atoms with Crippen molar-refractivity contribution < 1.29 is 0 Å². The normalized spacial score (nSPS) is 12.4. The summed E-state index contributed by atoms with van der Waals surface area (Å²) in [6.45, 7) is 5.25. The fourth-order valence-corrected chi connectivity index (χ4v) is 1.83. The van der Waals surface area contributed by atoms with Gasteiger partial charge in [0.05, 0.1) is 0 Å². The second kappa shape index (κ2) is 7.44. The lowest BCUT2D eigenvalue weighted by atomic mass is 10.1. The first-order chi connectivity index (χ1) is 7.76. The molecule has 3 nitrogen and oxygen atoms in total. The van der Waals surface area contributed by atoms with E-state index in [0.717, 1.165) is 37.3 Å². The largest absolute Gasteiger partial charge is 0.370 e. The van der Waals surface area contributed by atoms with E-state index < -0.39 is 0 Å². The van der Waals surface area contributed by atoms with E-state index in [1.165, 1.54) is 0 Å². The number of nitrogens with one attached hydrogen (secondary N) is 1. The average molecular weight is 242 g/mol. The zero-order valence-corrected chi connectivity index (χ0v) is 10.8. The molecule has 4 heteroatoms.